The molecule has 2 aliphatic rings. The molecule has 0 aromatic heterocycles. The lowest BCUT2D eigenvalue weighted by molar-refractivity contribution is -0.0512. The van der Waals surface area contributed by atoms with Crippen LogP contribution in [-0.2, 0) is 10.0 Å². The number of rotatable bonds is 6. The molecule has 9 nitrogen and oxygen atoms in total. The van der Waals surface area contributed by atoms with Gasteiger partial charge in [-0.25, -0.2) is 8.42 Å². The fourth-order valence-corrected chi connectivity index (χ4v) is 5.08. The Kier molecular flexibility index (Phi) is 6.56. The number of alkyl halides is 2. The molecule has 0 aliphatic carbocycles. The monoisotopic (exact) mass is 484 g/mol. The van der Waals surface area contributed by atoms with Gasteiger partial charge < -0.3 is 23.8 Å². The van der Waals surface area contributed by atoms with Crippen molar-refractivity contribution in [3.8, 4) is 23.0 Å². The molecule has 2 aromatic carbocycles. The smallest absolute Gasteiger partial charge is 0.387 e. The van der Waals surface area contributed by atoms with Gasteiger partial charge in [-0.05, 0) is 30.3 Å². The molecular formula is C21H22F2N2O7S. The first-order chi connectivity index (χ1) is 15.8. The second-order valence-electron chi connectivity index (χ2n) is 7.25. The molecule has 0 unspecified atom stereocenters. The molecule has 2 aliphatic heterocycles. The third kappa shape index (κ3) is 4.81. The Labute approximate surface area is 189 Å². The van der Waals surface area contributed by atoms with Crippen LogP contribution in [0, 0.1) is 0 Å². The van der Waals surface area contributed by atoms with Crippen molar-refractivity contribution < 1.29 is 40.9 Å². The molecule has 12 heteroatoms. The van der Waals surface area contributed by atoms with E-state index >= 15 is 0 Å². The minimum absolute atomic E-state index is 0.000900. The Balaban J connectivity index is 1.43. The van der Waals surface area contributed by atoms with E-state index in [1.54, 1.807) is 6.07 Å². The second-order valence-corrected chi connectivity index (χ2v) is 9.18. The number of carbonyl (C=O) groups is 1. The number of ether oxygens (including phenoxy) is 4. The SMILES string of the molecule is COc1cc(C(=O)N2CCN(S(=O)(=O)c3ccc4c(c3)OCCO4)CC2)ccc1OC(F)F. The maximum Gasteiger partial charge on any atom is 0.387 e. The Morgan fingerprint density at radius 3 is 2.33 bits per heavy atom. The number of halogens is 2. The molecule has 0 radical (unpaired) electrons. The summed E-state index contributed by atoms with van der Waals surface area (Å²) in [6, 6.07) is 8.39. The minimum atomic E-state index is -3.78. The standard InChI is InChI=1S/C21H22F2N2O7S/c1-29-18-12-14(2-4-17(18)32-21(22)23)20(26)24-6-8-25(9-7-24)33(27,28)15-3-5-16-19(13-15)31-11-10-30-16/h2-5,12-13,21H,6-11H2,1H3. The average Bonchev–Trinajstić information content (AvgIpc) is 2.83. The van der Waals surface area contributed by atoms with Crippen molar-refractivity contribution in [1.29, 1.82) is 0 Å². The first-order valence-electron chi connectivity index (χ1n) is 10.1. The number of hydrogen-bond acceptors (Lipinski definition) is 7. The largest absolute Gasteiger partial charge is 0.493 e. The average molecular weight is 484 g/mol. The zero-order valence-corrected chi connectivity index (χ0v) is 18.5. The summed E-state index contributed by atoms with van der Waals surface area (Å²) in [5.41, 5.74) is 0.219. The number of sulfonamides is 1. The van der Waals surface area contributed by atoms with Crippen molar-refractivity contribution in [2.24, 2.45) is 0 Å². The maximum atomic E-state index is 13.1. The normalized spacial score (nSPS) is 16.5. The lowest BCUT2D eigenvalue weighted by Gasteiger charge is -2.34. The topological polar surface area (TPSA) is 94.6 Å². The number of fused-ring (bicyclic) bond motifs is 1. The lowest BCUT2D eigenvalue weighted by atomic mass is 10.1. The first kappa shape index (κ1) is 23.1. The van der Waals surface area contributed by atoms with E-state index in [9.17, 15) is 22.0 Å². The van der Waals surface area contributed by atoms with Gasteiger partial charge in [0.05, 0.1) is 12.0 Å². The molecule has 1 fully saturated rings. The summed E-state index contributed by atoms with van der Waals surface area (Å²) in [6.07, 6.45) is 0. The van der Waals surface area contributed by atoms with E-state index in [0.717, 1.165) is 0 Å². The van der Waals surface area contributed by atoms with Crippen molar-refractivity contribution in [3.05, 3.63) is 42.0 Å². The van der Waals surface area contributed by atoms with Crippen molar-refractivity contribution in [3.63, 3.8) is 0 Å². The molecule has 0 atom stereocenters. The van der Waals surface area contributed by atoms with E-state index in [1.165, 1.54) is 46.6 Å². The van der Waals surface area contributed by atoms with Crippen LogP contribution in [-0.4, -0.2) is 76.6 Å². The van der Waals surface area contributed by atoms with E-state index in [2.05, 4.69) is 4.74 Å². The van der Waals surface area contributed by atoms with Gasteiger partial charge in [0.15, 0.2) is 23.0 Å². The quantitative estimate of drug-likeness (QED) is 0.621. The van der Waals surface area contributed by atoms with Gasteiger partial charge in [0, 0.05) is 37.8 Å². The van der Waals surface area contributed by atoms with Gasteiger partial charge in [0.1, 0.15) is 13.2 Å². The fourth-order valence-electron chi connectivity index (χ4n) is 3.64. The molecule has 0 N–H and O–H groups in total. The van der Waals surface area contributed by atoms with Crippen molar-refractivity contribution in [1.82, 2.24) is 9.21 Å². The first-order valence-corrected chi connectivity index (χ1v) is 11.6. The van der Waals surface area contributed by atoms with Gasteiger partial charge in [-0.15, -0.1) is 0 Å². The van der Waals surface area contributed by atoms with E-state index in [0.29, 0.717) is 24.7 Å². The molecule has 0 saturated carbocycles. The Bertz CT molecular complexity index is 1140. The highest BCUT2D eigenvalue weighted by molar-refractivity contribution is 7.89. The highest BCUT2D eigenvalue weighted by atomic mass is 32.2. The van der Waals surface area contributed by atoms with Crippen molar-refractivity contribution in [2.75, 3.05) is 46.5 Å². The number of carbonyl (C=O) groups excluding carboxylic acids is 1. The molecule has 178 valence electrons. The van der Waals surface area contributed by atoms with Crippen LogP contribution in [0.2, 0.25) is 0 Å². The van der Waals surface area contributed by atoms with Gasteiger partial charge in [-0.3, -0.25) is 4.79 Å². The molecule has 0 bridgehead atoms. The van der Waals surface area contributed by atoms with Crippen LogP contribution in [0.5, 0.6) is 23.0 Å². The molecule has 4 rings (SSSR count). The Hall–Kier alpha value is -3.12. The molecule has 2 aromatic rings. The van der Waals surface area contributed by atoms with E-state index in [4.69, 9.17) is 14.2 Å². The van der Waals surface area contributed by atoms with Gasteiger partial charge in [0.25, 0.3) is 5.91 Å². The number of hydrogen-bond donors (Lipinski definition) is 0. The van der Waals surface area contributed by atoms with Crippen LogP contribution >= 0.6 is 0 Å². The summed E-state index contributed by atoms with van der Waals surface area (Å²) in [5, 5.41) is 0. The highest BCUT2D eigenvalue weighted by Crippen LogP contribution is 2.34. The number of amides is 1. The summed E-state index contributed by atoms with van der Waals surface area (Å²) in [6.45, 7) is -1.73. The highest BCUT2D eigenvalue weighted by Gasteiger charge is 2.31. The van der Waals surface area contributed by atoms with Gasteiger partial charge >= 0.3 is 6.61 Å². The van der Waals surface area contributed by atoms with Crippen LogP contribution in [0.3, 0.4) is 0 Å². The third-order valence-corrected chi connectivity index (χ3v) is 7.20. The second kappa shape index (κ2) is 9.40. The van der Waals surface area contributed by atoms with Crippen molar-refractivity contribution >= 4 is 15.9 Å². The Morgan fingerprint density at radius 2 is 1.67 bits per heavy atom. The summed E-state index contributed by atoms with van der Waals surface area (Å²) >= 11 is 0. The summed E-state index contributed by atoms with van der Waals surface area (Å²) in [5.74, 6) is 0.328. The Morgan fingerprint density at radius 1 is 0.970 bits per heavy atom. The van der Waals surface area contributed by atoms with E-state index < -0.39 is 16.6 Å². The van der Waals surface area contributed by atoms with E-state index in [-0.39, 0.29) is 54.0 Å². The molecule has 2 heterocycles. The fraction of sp³-hybridized carbons (Fsp3) is 0.381. The predicted molar refractivity (Wildman–Crippen MR) is 112 cm³/mol. The number of benzene rings is 2. The zero-order valence-electron chi connectivity index (χ0n) is 17.7. The minimum Gasteiger partial charge on any atom is -0.493 e. The third-order valence-electron chi connectivity index (χ3n) is 5.30. The van der Waals surface area contributed by atoms with Gasteiger partial charge in [-0.1, -0.05) is 0 Å². The summed E-state index contributed by atoms with van der Waals surface area (Å²) < 4.78 is 72.8. The number of methoxy groups -OCH3 is 1. The number of piperazine rings is 1. The lowest BCUT2D eigenvalue weighted by Crippen LogP contribution is -2.50. The molecule has 1 amide bonds. The van der Waals surface area contributed by atoms with Crippen LogP contribution < -0.4 is 18.9 Å². The van der Waals surface area contributed by atoms with Crippen LogP contribution in [0.15, 0.2) is 41.3 Å². The zero-order chi connectivity index (χ0) is 23.6. The van der Waals surface area contributed by atoms with Gasteiger partial charge in [-0.2, -0.15) is 13.1 Å². The summed E-state index contributed by atoms with van der Waals surface area (Å²) in [7, 11) is -2.50. The molecule has 1 saturated heterocycles. The summed E-state index contributed by atoms with van der Waals surface area (Å²) in [4.78, 5) is 14.5. The number of nitrogens with zero attached hydrogens (tertiary/aromatic N) is 2. The maximum absolute atomic E-state index is 13.1. The van der Waals surface area contributed by atoms with Crippen molar-refractivity contribution in [2.45, 2.75) is 11.5 Å². The predicted octanol–water partition coefficient (Wildman–Crippen LogP) is 2.21. The van der Waals surface area contributed by atoms with Crippen LogP contribution in [0.4, 0.5) is 8.78 Å². The van der Waals surface area contributed by atoms with Crippen LogP contribution in [0.25, 0.3) is 0 Å². The van der Waals surface area contributed by atoms with Crippen LogP contribution in [0.1, 0.15) is 10.4 Å². The molecule has 33 heavy (non-hydrogen) atoms. The molecular weight excluding hydrogens is 462 g/mol. The van der Waals surface area contributed by atoms with E-state index in [1.807, 2.05) is 0 Å². The molecule has 0 spiro atoms. The van der Waals surface area contributed by atoms with Gasteiger partial charge in [0.2, 0.25) is 10.0 Å².